The quantitative estimate of drug-likeness (QED) is 0.0241. The summed E-state index contributed by atoms with van der Waals surface area (Å²) in [5.41, 5.74) is 12.8. The molecular formula is C36H40F4N2O7. The number of carbonyl (C=O) groups excluding carboxylic acids is 3. The highest BCUT2D eigenvalue weighted by atomic mass is 19.3. The molecule has 49 heavy (non-hydrogen) atoms. The third-order valence-electron chi connectivity index (χ3n) is 7.09. The van der Waals surface area contributed by atoms with E-state index in [0.717, 1.165) is 56.0 Å². The molecule has 0 amide bonds. The van der Waals surface area contributed by atoms with Crippen LogP contribution in [0.5, 0.6) is 11.5 Å². The highest BCUT2D eigenvalue weighted by Crippen LogP contribution is 2.28. The topological polar surface area (TPSA) is 140 Å². The van der Waals surface area contributed by atoms with E-state index in [1.165, 1.54) is 55.7 Å². The maximum atomic E-state index is 13.1. The molecule has 9 nitrogen and oxygen atoms in total. The van der Waals surface area contributed by atoms with Gasteiger partial charge >= 0.3 is 30.4 Å². The molecule has 0 saturated carbocycles. The van der Waals surface area contributed by atoms with Gasteiger partial charge in [-0.15, -0.1) is 0 Å². The normalized spacial score (nSPS) is 12.1. The predicted molar refractivity (Wildman–Crippen MR) is 176 cm³/mol. The Kier molecular flexibility index (Phi) is 14.9. The summed E-state index contributed by atoms with van der Waals surface area (Å²) in [4.78, 5) is 37.9. The Hall–Kier alpha value is -5.07. The Morgan fingerprint density at radius 1 is 0.735 bits per heavy atom. The molecule has 13 heteroatoms. The third kappa shape index (κ3) is 13.5. The Balaban J connectivity index is 1.55. The Labute approximate surface area is 282 Å². The van der Waals surface area contributed by atoms with E-state index in [2.05, 4.69) is 11.7 Å². The predicted octanol–water partition coefficient (Wildman–Crippen LogP) is 8.58. The number of hydrogen-bond acceptors (Lipinski definition) is 9. The lowest BCUT2D eigenvalue weighted by Crippen LogP contribution is -2.33. The van der Waals surface area contributed by atoms with E-state index in [0.29, 0.717) is 18.4 Å². The van der Waals surface area contributed by atoms with Gasteiger partial charge in [0.1, 0.15) is 11.5 Å². The first kappa shape index (κ1) is 38.4. The second-order valence-electron chi connectivity index (χ2n) is 11.2. The van der Waals surface area contributed by atoms with Gasteiger partial charge in [0.15, 0.2) is 0 Å². The number of esters is 3. The summed E-state index contributed by atoms with van der Waals surface area (Å²) in [5, 5.41) is 0. The molecule has 3 aromatic rings. The van der Waals surface area contributed by atoms with Crippen molar-refractivity contribution in [2.45, 2.75) is 83.5 Å². The molecule has 0 radical (unpaired) electrons. The number of hydrogen-bond donors (Lipinski definition) is 2. The fourth-order valence-electron chi connectivity index (χ4n) is 4.58. The Morgan fingerprint density at radius 2 is 1.31 bits per heavy atom. The number of alkyl halides is 4. The highest BCUT2D eigenvalue weighted by molar-refractivity contribution is 5.92. The van der Waals surface area contributed by atoms with Crippen LogP contribution in [0.1, 0.15) is 91.0 Å². The summed E-state index contributed by atoms with van der Waals surface area (Å²) in [6.07, 6.45) is 1.50. The number of nitrogens with two attached hydrogens (primary N) is 2. The second kappa shape index (κ2) is 19.1. The number of nitrogen functional groups attached to an aromatic ring is 2. The summed E-state index contributed by atoms with van der Waals surface area (Å²) in [6.45, 7) is 2.16. The van der Waals surface area contributed by atoms with Gasteiger partial charge in [0.25, 0.3) is 0 Å². The number of anilines is 2. The number of rotatable bonds is 19. The van der Waals surface area contributed by atoms with Gasteiger partial charge in [0.2, 0.25) is 6.29 Å². The molecule has 0 aliphatic heterocycles. The second-order valence-corrected chi connectivity index (χ2v) is 11.2. The van der Waals surface area contributed by atoms with Crippen LogP contribution in [-0.2, 0) is 14.3 Å². The minimum absolute atomic E-state index is 0.0409. The van der Waals surface area contributed by atoms with Crippen LogP contribution in [0.15, 0.2) is 72.8 Å². The van der Waals surface area contributed by atoms with Gasteiger partial charge in [0, 0.05) is 23.9 Å². The van der Waals surface area contributed by atoms with E-state index in [4.69, 9.17) is 25.7 Å². The Morgan fingerprint density at radius 3 is 1.90 bits per heavy atom. The van der Waals surface area contributed by atoms with Crippen LogP contribution >= 0.6 is 0 Å². The van der Waals surface area contributed by atoms with Crippen LogP contribution in [0.4, 0.5) is 28.9 Å². The van der Waals surface area contributed by atoms with Gasteiger partial charge < -0.3 is 30.4 Å². The van der Waals surface area contributed by atoms with Gasteiger partial charge in [-0.2, -0.15) is 17.6 Å². The molecule has 3 aromatic carbocycles. The summed E-state index contributed by atoms with van der Waals surface area (Å²) in [7, 11) is 0. The van der Waals surface area contributed by atoms with Crippen molar-refractivity contribution < 1.29 is 50.9 Å². The van der Waals surface area contributed by atoms with Crippen molar-refractivity contribution in [1.82, 2.24) is 0 Å². The van der Waals surface area contributed by atoms with Crippen LogP contribution in [0, 0.1) is 0 Å². The largest absolute Gasteiger partial charge is 0.461 e. The van der Waals surface area contributed by atoms with Gasteiger partial charge in [0.05, 0.1) is 11.1 Å². The van der Waals surface area contributed by atoms with Crippen LogP contribution in [0.25, 0.3) is 6.08 Å². The monoisotopic (exact) mass is 688 g/mol. The zero-order valence-corrected chi connectivity index (χ0v) is 27.0. The van der Waals surface area contributed by atoms with E-state index in [-0.39, 0.29) is 28.3 Å². The van der Waals surface area contributed by atoms with E-state index in [1.807, 2.05) is 0 Å². The van der Waals surface area contributed by atoms with Crippen molar-refractivity contribution in [3.05, 3.63) is 89.5 Å². The first-order valence-corrected chi connectivity index (χ1v) is 15.9. The highest BCUT2D eigenvalue weighted by Gasteiger charge is 2.44. The average molecular weight is 689 g/mol. The van der Waals surface area contributed by atoms with Crippen LogP contribution in [-0.4, -0.2) is 36.7 Å². The van der Waals surface area contributed by atoms with Crippen LogP contribution < -0.4 is 20.9 Å². The van der Waals surface area contributed by atoms with Crippen molar-refractivity contribution in [3.63, 3.8) is 0 Å². The van der Waals surface area contributed by atoms with Gasteiger partial charge in [-0.3, -0.25) is 0 Å². The molecule has 1 unspecified atom stereocenters. The summed E-state index contributed by atoms with van der Waals surface area (Å²) < 4.78 is 71.0. The van der Waals surface area contributed by atoms with E-state index in [9.17, 15) is 31.9 Å². The minimum Gasteiger partial charge on any atom is -0.428 e. The molecule has 0 bridgehead atoms. The van der Waals surface area contributed by atoms with Crippen molar-refractivity contribution >= 4 is 35.4 Å². The number of carbonyl (C=O) groups is 3. The SMILES string of the molecule is CCCCCCCCCCC(OC(=O)/C=C/c1ccc(OC(=O)c2ccc(OC(F)(F)C(F)F)cc2)cc1)OC(=O)c1cc(N)cc(N)c1. The lowest BCUT2D eigenvalue weighted by Gasteiger charge is -2.18. The van der Waals surface area contributed by atoms with Gasteiger partial charge in [-0.1, -0.05) is 64.0 Å². The molecule has 0 fully saturated rings. The van der Waals surface area contributed by atoms with Crippen molar-refractivity contribution in [3.8, 4) is 11.5 Å². The van der Waals surface area contributed by atoms with Gasteiger partial charge in [-0.05, 0) is 72.7 Å². The van der Waals surface area contributed by atoms with E-state index >= 15 is 0 Å². The zero-order valence-electron chi connectivity index (χ0n) is 27.0. The first-order valence-electron chi connectivity index (χ1n) is 15.9. The minimum atomic E-state index is -4.68. The number of halogens is 4. The van der Waals surface area contributed by atoms with E-state index in [1.54, 1.807) is 12.1 Å². The number of benzene rings is 3. The molecule has 4 N–H and O–H groups in total. The third-order valence-corrected chi connectivity index (χ3v) is 7.09. The maximum absolute atomic E-state index is 13.1. The summed E-state index contributed by atoms with van der Waals surface area (Å²) >= 11 is 0. The smallest absolute Gasteiger partial charge is 0.428 e. The fraction of sp³-hybridized carbons (Fsp3) is 0.361. The molecule has 0 spiro atoms. The molecule has 0 heterocycles. The first-order chi connectivity index (χ1) is 23.4. The molecule has 0 aromatic heterocycles. The van der Waals surface area contributed by atoms with Crippen molar-refractivity contribution in [2.75, 3.05) is 11.5 Å². The van der Waals surface area contributed by atoms with Crippen LogP contribution in [0.2, 0.25) is 0 Å². The summed E-state index contributed by atoms with van der Waals surface area (Å²) in [6, 6.07) is 14.4. The molecule has 0 aliphatic carbocycles. The fourth-order valence-corrected chi connectivity index (χ4v) is 4.58. The van der Waals surface area contributed by atoms with Crippen LogP contribution in [0.3, 0.4) is 0 Å². The maximum Gasteiger partial charge on any atom is 0.461 e. The number of unbranched alkanes of at least 4 members (excludes halogenated alkanes) is 7. The van der Waals surface area contributed by atoms with E-state index < -0.39 is 42.5 Å². The summed E-state index contributed by atoms with van der Waals surface area (Å²) in [5.74, 6) is -2.74. The zero-order chi connectivity index (χ0) is 35.8. The molecule has 0 saturated heterocycles. The number of ether oxygens (including phenoxy) is 4. The average Bonchev–Trinajstić information content (AvgIpc) is 3.05. The standard InChI is InChI=1S/C36H40F4N2O7/c1-2-3-4-5-6-7-8-9-10-32(48-34(45)26-21-27(41)23-28(42)22-26)47-31(43)20-13-24-11-16-29(17-12-24)46-33(44)25-14-18-30(19-15-25)49-36(39,40)35(37)38/h11-23,32,35H,2-10,41-42H2,1H3/b20-13+. The molecular weight excluding hydrogens is 648 g/mol. The molecule has 264 valence electrons. The molecule has 3 rings (SSSR count). The van der Waals surface area contributed by atoms with Gasteiger partial charge in [-0.25, -0.2) is 14.4 Å². The van der Waals surface area contributed by atoms with Crippen molar-refractivity contribution in [1.29, 1.82) is 0 Å². The lowest BCUT2D eigenvalue weighted by atomic mass is 10.1. The molecule has 0 aliphatic rings. The lowest BCUT2D eigenvalue weighted by molar-refractivity contribution is -0.253. The van der Waals surface area contributed by atoms with Crippen molar-refractivity contribution in [2.24, 2.45) is 0 Å². The Bertz CT molecular complexity index is 1530. The molecule has 1 atom stereocenters.